The minimum atomic E-state index is -0.236. The van der Waals surface area contributed by atoms with Crippen molar-refractivity contribution in [3.05, 3.63) is 60.2 Å². The van der Waals surface area contributed by atoms with Gasteiger partial charge in [-0.25, -0.2) is 0 Å². The van der Waals surface area contributed by atoms with Gasteiger partial charge in [0.05, 0.1) is 29.6 Å². The van der Waals surface area contributed by atoms with Crippen LogP contribution >= 0.6 is 0 Å². The van der Waals surface area contributed by atoms with Crippen LogP contribution < -0.4 is 0 Å². The molecule has 1 saturated carbocycles. The molecule has 0 radical (unpaired) electrons. The Hall–Kier alpha value is -3.21. The van der Waals surface area contributed by atoms with E-state index in [9.17, 15) is 14.4 Å². The average Bonchev–Trinajstić information content (AvgIpc) is 3.21. The van der Waals surface area contributed by atoms with Gasteiger partial charge in [0.25, 0.3) is 0 Å². The minimum absolute atomic E-state index is 0.167. The average molecular weight is 400 g/mol. The number of aryl methyl sites for hydroxylation is 1. The fourth-order valence-electron chi connectivity index (χ4n) is 5.22. The van der Waals surface area contributed by atoms with Crippen LogP contribution in [-0.2, 0) is 16.6 Å². The summed E-state index contributed by atoms with van der Waals surface area (Å²) in [5, 5.41) is 0.848. The number of hydrogen-bond acceptors (Lipinski definition) is 3. The number of nitrogens with zero attached hydrogens (tertiary/aromatic N) is 2. The summed E-state index contributed by atoms with van der Waals surface area (Å²) in [7, 11) is 1.95. The van der Waals surface area contributed by atoms with Gasteiger partial charge in [-0.05, 0) is 24.5 Å². The van der Waals surface area contributed by atoms with Gasteiger partial charge in [-0.3, -0.25) is 19.3 Å². The second-order valence-corrected chi connectivity index (χ2v) is 8.35. The van der Waals surface area contributed by atoms with E-state index in [1.54, 1.807) is 0 Å². The highest BCUT2D eigenvalue weighted by Crippen LogP contribution is 2.39. The van der Waals surface area contributed by atoms with Crippen LogP contribution in [0.4, 0.5) is 0 Å². The SMILES string of the molecule is Cn1c(-c2ccccc2)c(C(=O)CN2C(=O)[C@@H]3CCCC[C@H]3C2=O)c2ccccc21. The number of para-hydroxylation sites is 1. The summed E-state index contributed by atoms with van der Waals surface area (Å²) in [6.07, 6.45) is 3.46. The number of hydrogen-bond donors (Lipinski definition) is 0. The molecule has 2 atom stereocenters. The van der Waals surface area contributed by atoms with E-state index in [1.807, 2.05) is 66.2 Å². The van der Waals surface area contributed by atoms with Gasteiger partial charge < -0.3 is 4.57 Å². The molecule has 1 aromatic heterocycles. The first-order valence-corrected chi connectivity index (χ1v) is 10.6. The molecule has 2 fully saturated rings. The maximum absolute atomic E-state index is 13.6. The Labute approximate surface area is 175 Å². The van der Waals surface area contributed by atoms with Crippen molar-refractivity contribution in [3.8, 4) is 11.3 Å². The Morgan fingerprint density at radius 1 is 0.900 bits per heavy atom. The van der Waals surface area contributed by atoms with Gasteiger partial charge in [-0.1, -0.05) is 61.4 Å². The molecular formula is C25H24N2O3. The van der Waals surface area contributed by atoms with Crippen LogP contribution in [-0.4, -0.2) is 33.6 Å². The van der Waals surface area contributed by atoms with Crippen LogP contribution in [0.2, 0.25) is 0 Å². The summed E-state index contributed by atoms with van der Waals surface area (Å²) in [4.78, 5) is 40.6. The van der Waals surface area contributed by atoms with Gasteiger partial charge in [0.15, 0.2) is 5.78 Å². The maximum atomic E-state index is 13.6. The monoisotopic (exact) mass is 400 g/mol. The number of ketones is 1. The molecule has 1 aliphatic carbocycles. The lowest BCUT2D eigenvalue weighted by Crippen LogP contribution is -2.36. The number of carbonyl (C=O) groups excluding carboxylic acids is 3. The zero-order valence-electron chi connectivity index (χ0n) is 17.0. The van der Waals surface area contributed by atoms with E-state index < -0.39 is 0 Å². The number of likely N-dealkylation sites (tertiary alicyclic amines) is 1. The van der Waals surface area contributed by atoms with E-state index in [2.05, 4.69) is 0 Å². The first-order chi connectivity index (χ1) is 14.6. The molecule has 5 rings (SSSR count). The minimum Gasteiger partial charge on any atom is -0.343 e. The Bertz CT molecular complexity index is 1140. The lowest BCUT2D eigenvalue weighted by atomic mass is 9.81. The molecule has 2 aliphatic rings. The van der Waals surface area contributed by atoms with Gasteiger partial charge >= 0.3 is 0 Å². The molecule has 2 aromatic carbocycles. The van der Waals surface area contributed by atoms with E-state index >= 15 is 0 Å². The molecule has 1 aliphatic heterocycles. The van der Waals surface area contributed by atoms with Crippen molar-refractivity contribution in [2.24, 2.45) is 18.9 Å². The molecule has 0 bridgehead atoms. The topological polar surface area (TPSA) is 59.4 Å². The van der Waals surface area contributed by atoms with Crippen LogP contribution in [0.5, 0.6) is 0 Å². The van der Waals surface area contributed by atoms with Crippen LogP contribution in [0.15, 0.2) is 54.6 Å². The van der Waals surface area contributed by atoms with Crippen molar-refractivity contribution in [3.63, 3.8) is 0 Å². The summed E-state index contributed by atoms with van der Waals surface area (Å²) in [5.41, 5.74) is 3.29. The van der Waals surface area contributed by atoms with Crippen molar-refractivity contribution in [1.29, 1.82) is 0 Å². The van der Waals surface area contributed by atoms with Crippen LogP contribution in [0.1, 0.15) is 36.0 Å². The van der Waals surface area contributed by atoms with Gasteiger partial charge in [0.2, 0.25) is 11.8 Å². The molecule has 0 unspecified atom stereocenters. The quantitative estimate of drug-likeness (QED) is 0.487. The van der Waals surface area contributed by atoms with Crippen molar-refractivity contribution >= 4 is 28.5 Å². The van der Waals surface area contributed by atoms with Crippen molar-refractivity contribution in [2.45, 2.75) is 25.7 Å². The Kier molecular flexibility index (Phi) is 4.54. The molecule has 0 spiro atoms. The molecule has 30 heavy (non-hydrogen) atoms. The highest BCUT2D eigenvalue weighted by atomic mass is 16.2. The largest absolute Gasteiger partial charge is 0.343 e. The summed E-state index contributed by atoms with van der Waals surface area (Å²) in [5.74, 6) is -0.995. The van der Waals surface area contributed by atoms with Gasteiger partial charge in [0.1, 0.15) is 0 Å². The maximum Gasteiger partial charge on any atom is 0.233 e. The Morgan fingerprint density at radius 2 is 1.50 bits per heavy atom. The highest BCUT2D eigenvalue weighted by Gasteiger charge is 2.48. The molecule has 1 saturated heterocycles. The second-order valence-electron chi connectivity index (χ2n) is 8.35. The van der Waals surface area contributed by atoms with E-state index in [1.165, 1.54) is 4.90 Å². The standard InChI is InChI=1S/C25H24N2O3/c1-26-20-14-8-7-13-19(20)22(23(26)16-9-3-2-4-10-16)21(28)15-27-24(29)17-11-5-6-12-18(17)25(27)30/h2-4,7-10,13-14,17-18H,5-6,11-12,15H2,1H3/t17-,18-/m1/s1. The second kappa shape index (κ2) is 7.24. The predicted molar refractivity (Wildman–Crippen MR) is 115 cm³/mol. The number of benzene rings is 2. The molecular weight excluding hydrogens is 376 g/mol. The third kappa shape index (κ3) is 2.80. The van der Waals surface area contributed by atoms with E-state index in [0.29, 0.717) is 5.56 Å². The molecule has 152 valence electrons. The Balaban J connectivity index is 1.57. The summed E-state index contributed by atoms with van der Waals surface area (Å²) < 4.78 is 2.02. The first-order valence-electron chi connectivity index (χ1n) is 10.6. The molecule has 0 N–H and O–H groups in total. The number of rotatable bonds is 4. The fraction of sp³-hybridized carbons (Fsp3) is 0.320. The predicted octanol–water partition coefficient (Wildman–Crippen LogP) is 4.20. The summed E-state index contributed by atoms with van der Waals surface area (Å²) >= 11 is 0. The van der Waals surface area contributed by atoms with E-state index in [4.69, 9.17) is 0 Å². The fourth-order valence-corrected chi connectivity index (χ4v) is 5.22. The molecule has 5 heteroatoms. The van der Waals surface area contributed by atoms with Gasteiger partial charge in [-0.15, -0.1) is 0 Å². The third-order valence-corrected chi connectivity index (χ3v) is 6.67. The van der Waals surface area contributed by atoms with Crippen molar-refractivity contribution in [1.82, 2.24) is 9.47 Å². The normalized spacial score (nSPS) is 21.3. The van der Waals surface area contributed by atoms with Gasteiger partial charge in [0, 0.05) is 18.0 Å². The van der Waals surface area contributed by atoms with Gasteiger partial charge in [-0.2, -0.15) is 0 Å². The number of Topliss-reactive ketones (excluding diaryl/α,β-unsaturated/α-hetero) is 1. The zero-order valence-corrected chi connectivity index (χ0v) is 17.0. The smallest absolute Gasteiger partial charge is 0.233 e. The number of aromatic nitrogens is 1. The lowest BCUT2D eigenvalue weighted by Gasteiger charge is -2.19. The number of amides is 2. The number of carbonyl (C=O) groups is 3. The van der Waals surface area contributed by atoms with E-state index in [0.717, 1.165) is 47.8 Å². The van der Waals surface area contributed by atoms with Crippen molar-refractivity contribution in [2.75, 3.05) is 6.54 Å². The number of imide groups is 1. The summed E-state index contributed by atoms with van der Waals surface area (Å²) in [6, 6.07) is 17.6. The number of fused-ring (bicyclic) bond motifs is 2. The zero-order chi connectivity index (χ0) is 20.8. The molecule has 3 aromatic rings. The lowest BCUT2D eigenvalue weighted by molar-refractivity contribution is -0.139. The van der Waals surface area contributed by atoms with Crippen molar-refractivity contribution < 1.29 is 14.4 Å². The van der Waals surface area contributed by atoms with Crippen LogP contribution in [0.3, 0.4) is 0 Å². The van der Waals surface area contributed by atoms with Crippen LogP contribution in [0, 0.1) is 11.8 Å². The molecule has 2 heterocycles. The summed E-state index contributed by atoms with van der Waals surface area (Å²) in [6.45, 7) is -0.182. The third-order valence-electron chi connectivity index (χ3n) is 6.67. The van der Waals surface area contributed by atoms with Crippen LogP contribution in [0.25, 0.3) is 22.2 Å². The highest BCUT2D eigenvalue weighted by molar-refractivity contribution is 6.17. The van der Waals surface area contributed by atoms with E-state index in [-0.39, 0.29) is 36.0 Å². The first kappa shape index (κ1) is 18.8. The molecule has 5 nitrogen and oxygen atoms in total. The molecule has 2 amide bonds. The Morgan fingerprint density at radius 3 is 2.17 bits per heavy atom.